The van der Waals surface area contributed by atoms with Gasteiger partial charge in [-0.3, -0.25) is 0 Å². The zero-order valence-electron chi connectivity index (χ0n) is 7.46. The molecule has 0 radical (unpaired) electrons. The quantitative estimate of drug-likeness (QED) is 0.732. The molecule has 1 aliphatic carbocycles. The first-order valence-electron chi connectivity index (χ1n) is 4.66. The van der Waals surface area contributed by atoms with Gasteiger partial charge in [-0.15, -0.1) is 11.3 Å². The van der Waals surface area contributed by atoms with E-state index in [2.05, 4.69) is 28.1 Å². The molecule has 0 amide bonds. The summed E-state index contributed by atoms with van der Waals surface area (Å²) in [5.74, 6) is 0.982. The van der Waals surface area contributed by atoms with Crippen LogP contribution in [0.4, 0.5) is 0 Å². The SMILES string of the molecule is Brc1ccc(COCCC2CC2)s1. The van der Waals surface area contributed by atoms with Crippen LogP contribution in [0.15, 0.2) is 15.9 Å². The molecule has 0 atom stereocenters. The summed E-state index contributed by atoms with van der Waals surface area (Å²) >= 11 is 5.19. The maximum atomic E-state index is 5.57. The number of hydrogen-bond donors (Lipinski definition) is 0. The Balaban J connectivity index is 1.61. The molecule has 1 aromatic heterocycles. The summed E-state index contributed by atoms with van der Waals surface area (Å²) in [5, 5.41) is 0. The van der Waals surface area contributed by atoms with Crippen LogP contribution in [-0.4, -0.2) is 6.61 Å². The Morgan fingerprint density at radius 3 is 2.92 bits per heavy atom. The molecule has 0 aliphatic heterocycles. The second-order valence-corrected chi connectivity index (χ2v) is 6.04. The van der Waals surface area contributed by atoms with E-state index in [9.17, 15) is 0 Å². The van der Waals surface area contributed by atoms with E-state index in [4.69, 9.17) is 4.74 Å². The molecule has 1 aromatic rings. The summed E-state index contributed by atoms with van der Waals surface area (Å²) in [4.78, 5) is 1.31. The van der Waals surface area contributed by atoms with E-state index in [0.717, 1.165) is 19.1 Å². The molecular weight excluding hydrogens is 248 g/mol. The van der Waals surface area contributed by atoms with Gasteiger partial charge in [0, 0.05) is 11.5 Å². The fourth-order valence-electron chi connectivity index (χ4n) is 1.26. The number of thiophene rings is 1. The van der Waals surface area contributed by atoms with Crippen LogP contribution in [-0.2, 0) is 11.3 Å². The minimum absolute atomic E-state index is 0.781. The standard InChI is InChI=1S/C10H13BrOS/c11-10-4-3-9(13-10)7-12-6-5-8-1-2-8/h3-4,8H,1-2,5-7H2. The molecule has 0 spiro atoms. The third-order valence-electron chi connectivity index (χ3n) is 2.24. The van der Waals surface area contributed by atoms with Gasteiger partial charge in [0.1, 0.15) is 0 Å². The molecule has 0 saturated heterocycles. The van der Waals surface area contributed by atoms with Crippen LogP contribution in [0.2, 0.25) is 0 Å². The Morgan fingerprint density at radius 1 is 1.46 bits per heavy atom. The van der Waals surface area contributed by atoms with E-state index in [0.29, 0.717) is 0 Å². The van der Waals surface area contributed by atoms with E-state index in [-0.39, 0.29) is 0 Å². The zero-order valence-corrected chi connectivity index (χ0v) is 9.86. The van der Waals surface area contributed by atoms with Crippen LogP contribution in [0, 0.1) is 5.92 Å². The van der Waals surface area contributed by atoms with Gasteiger partial charge in [-0.2, -0.15) is 0 Å². The molecule has 1 nitrogen and oxygen atoms in total. The van der Waals surface area contributed by atoms with Crippen LogP contribution in [0.5, 0.6) is 0 Å². The highest BCUT2D eigenvalue weighted by atomic mass is 79.9. The van der Waals surface area contributed by atoms with Gasteiger partial charge < -0.3 is 4.74 Å². The third-order valence-corrected chi connectivity index (χ3v) is 3.84. The summed E-state index contributed by atoms with van der Waals surface area (Å²) in [5.41, 5.74) is 0. The lowest BCUT2D eigenvalue weighted by molar-refractivity contribution is 0.117. The van der Waals surface area contributed by atoms with Gasteiger partial charge in [-0.25, -0.2) is 0 Å². The molecule has 3 heteroatoms. The van der Waals surface area contributed by atoms with Crippen molar-refractivity contribution in [2.75, 3.05) is 6.61 Å². The Labute approximate surface area is 91.2 Å². The fourth-order valence-corrected chi connectivity index (χ4v) is 2.68. The van der Waals surface area contributed by atoms with Crippen molar-refractivity contribution in [3.05, 3.63) is 20.8 Å². The van der Waals surface area contributed by atoms with Crippen molar-refractivity contribution in [1.29, 1.82) is 0 Å². The maximum Gasteiger partial charge on any atom is 0.0809 e. The monoisotopic (exact) mass is 260 g/mol. The van der Waals surface area contributed by atoms with Crippen molar-refractivity contribution >= 4 is 27.3 Å². The van der Waals surface area contributed by atoms with Gasteiger partial charge in [0.15, 0.2) is 0 Å². The molecule has 13 heavy (non-hydrogen) atoms. The van der Waals surface area contributed by atoms with E-state index < -0.39 is 0 Å². The average Bonchev–Trinajstić information content (AvgIpc) is 2.84. The van der Waals surface area contributed by atoms with E-state index in [1.807, 2.05) is 0 Å². The van der Waals surface area contributed by atoms with Gasteiger partial charge in [0.2, 0.25) is 0 Å². The highest BCUT2D eigenvalue weighted by molar-refractivity contribution is 9.11. The number of hydrogen-bond acceptors (Lipinski definition) is 2. The lowest BCUT2D eigenvalue weighted by Gasteiger charge is -2.00. The van der Waals surface area contributed by atoms with Crippen LogP contribution in [0.25, 0.3) is 0 Å². The first-order valence-corrected chi connectivity index (χ1v) is 6.27. The first-order chi connectivity index (χ1) is 6.34. The zero-order chi connectivity index (χ0) is 9.10. The highest BCUT2D eigenvalue weighted by Gasteiger charge is 2.20. The predicted molar refractivity (Wildman–Crippen MR) is 59.0 cm³/mol. The van der Waals surface area contributed by atoms with E-state index >= 15 is 0 Å². The highest BCUT2D eigenvalue weighted by Crippen LogP contribution is 2.32. The van der Waals surface area contributed by atoms with Gasteiger partial charge in [-0.05, 0) is 40.4 Å². The van der Waals surface area contributed by atoms with Crippen LogP contribution in [0.3, 0.4) is 0 Å². The lowest BCUT2D eigenvalue weighted by atomic mass is 10.3. The minimum atomic E-state index is 0.781. The van der Waals surface area contributed by atoms with Crippen molar-refractivity contribution in [3.63, 3.8) is 0 Å². The molecule has 1 saturated carbocycles. The van der Waals surface area contributed by atoms with E-state index in [1.165, 1.54) is 27.9 Å². The van der Waals surface area contributed by atoms with Gasteiger partial charge >= 0.3 is 0 Å². The summed E-state index contributed by atoms with van der Waals surface area (Å²) in [6.07, 6.45) is 4.11. The smallest absolute Gasteiger partial charge is 0.0809 e. The molecule has 1 fully saturated rings. The second kappa shape index (κ2) is 4.58. The molecule has 0 unspecified atom stereocenters. The summed E-state index contributed by atoms with van der Waals surface area (Å²) in [7, 11) is 0. The molecule has 0 bridgehead atoms. The Kier molecular flexibility index (Phi) is 3.41. The van der Waals surface area contributed by atoms with Crippen molar-refractivity contribution in [3.8, 4) is 0 Å². The van der Waals surface area contributed by atoms with Crippen molar-refractivity contribution in [2.24, 2.45) is 5.92 Å². The largest absolute Gasteiger partial charge is 0.376 e. The summed E-state index contributed by atoms with van der Waals surface area (Å²) < 4.78 is 6.76. The van der Waals surface area contributed by atoms with Crippen molar-refractivity contribution < 1.29 is 4.74 Å². The fraction of sp³-hybridized carbons (Fsp3) is 0.600. The van der Waals surface area contributed by atoms with Crippen molar-refractivity contribution in [1.82, 2.24) is 0 Å². The Morgan fingerprint density at radius 2 is 2.31 bits per heavy atom. The average molecular weight is 261 g/mol. The van der Waals surface area contributed by atoms with Crippen molar-refractivity contribution in [2.45, 2.75) is 25.9 Å². The van der Waals surface area contributed by atoms with Crippen LogP contribution >= 0.6 is 27.3 Å². The van der Waals surface area contributed by atoms with E-state index in [1.54, 1.807) is 11.3 Å². The second-order valence-electron chi connectivity index (χ2n) is 3.49. The summed E-state index contributed by atoms with van der Waals surface area (Å²) in [6, 6.07) is 4.19. The lowest BCUT2D eigenvalue weighted by Crippen LogP contribution is -1.94. The molecular formula is C10H13BrOS. The van der Waals surface area contributed by atoms with Crippen LogP contribution < -0.4 is 0 Å². The number of rotatable bonds is 5. The van der Waals surface area contributed by atoms with Crippen LogP contribution in [0.1, 0.15) is 24.1 Å². The molecule has 72 valence electrons. The molecule has 2 rings (SSSR count). The van der Waals surface area contributed by atoms with Gasteiger partial charge in [0.05, 0.1) is 10.4 Å². The first kappa shape index (κ1) is 9.69. The Hall–Kier alpha value is 0.140. The molecule has 0 N–H and O–H groups in total. The van der Waals surface area contributed by atoms with Gasteiger partial charge in [0.25, 0.3) is 0 Å². The minimum Gasteiger partial charge on any atom is -0.376 e. The number of ether oxygens (including phenoxy) is 1. The number of halogens is 1. The molecule has 1 aliphatic rings. The summed E-state index contributed by atoms with van der Waals surface area (Å²) in [6.45, 7) is 1.71. The molecule has 1 heterocycles. The normalized spacial score (nSPS) is 16.4. The molecule has 0 aromatic carbocycles. The maximum absolute atomic E-state index is 5.57. The Bertz CT molecular complexity index is 268. The predicted octanol–water partition coefficient (Wildman–Crippen LogP) is 3.83. The third kappa shape index (κ3) is 3.41. The van der Waals surface area contributed by atoms with Gasteiger partial charge in [-0.1, -0.05) is 12.8 Å². The topological polar surface area (TPSA) is 9.23 Å².